The van der Waals surface area contributed by atoms with E-state index in [0.29, 0.717) is 0 Å². The SMILES string of the molecule is CC(C)=CC(=O)Oc1ccccc1OC(=O)C=C(C)C. The van der Waals surface area contributed by atoms with Gasteiger partial charge in [-0.3, -0.25) is 0 Å². The highest BCUT2D eigenvalue weighted by molar-refractivity contribution is 5.87. The van der Waals surface area contributed by atoms with Crippen molar-refractivity contribution < 1.29 is 19.1 Å². The summed E-state index contributed by atoms with van der Waals surface area (Å²) in [7, 11) is 0. The van der Waals surface area contributed by atoms with E-state index in [1.807, 2.05) is 0 Å². The lowest BCUT2D eigenvalue weighted by Crippen LogP contribution is -2.09. The quantitative estimate of drug-likeness (QED) is 0.479. The van der Waals surface area contributed by atoms with Crippen LogP contribution in [0, 0.1) is 0 Å². The van der Waals surface area contributed by atoms with Crippen molar-refractivity contribution in [3.63, 3.8) is 0 Å². The van der Waals surface area contributed by atoms with Crippen molar-refractivity contribution in [2.24, 2.45) is 0 Å². The summed E-state index contributed by atoms with van der Waals surface area (Å²) in [5, 5.41) is 0. The Hall–Kier alpha value is -2.36. The normalized spacial score (nSPS) is 9.40. The number of ether oxygens (including phenoxy) is 2. The van der Waals surface area contributed by atoms with Crippen molar-refractivity contribution in [3.05, 3.63) is 47.6 Å². The molecule has 106 valence electrons. The summed E-state index contributed by atoms with van der Waals surface area (Å²) in [6.07, 6.45) is 2.74. The minimum Gasteiger partial charge on any atom is -0.419 e. The van der Waals surface area contributed by atoms with Gasteiger partial charge in [0.15, 0.2) is 11.5 Å². The maximum absolute atomic E-state index is 11.6. The van der Waals surface area contributed by atoms with Gasteiger partial charge in [0.05, 0.1) is 0 Å². The van der Waals surface area contributed by atoms with Crippen LogP contribution < -0.4 is 9.47 Å². The van der Waals surface area contributed by atoms with E-state index in [1.165, 1.54) is 12.2 Å². The molecule has 0 aliphatic heterocycles. The van der Waals surface area contributed by atoms with Crippen LogP contribution in [-0.2, 0) is 9.59 Å². The molecule has 1 aromatic carbocycles. The number of benzene rings is 1. The number of hydrogen-bond acceptors (Lipinski definition) is 4. The van der Waals surface area contributed by atoms with E-state index in [0.717, 1.165) is 11.1 Å². The average molecular weight is 274 g/mol. The van der Waals surface area contributed by atoms with E-state index < -0.39 is 11.9 Å². The molecule has 0 aliphatic carbocycles. The Bertz CT molecular complexity index is 509. The third-order valence-electron chi connectivity index (χ3n) is 2.08. The standard InChI is InChI=1S/C16H18O4/c1-11(2)9-15(17)19-13-7-5-6-8-14(13)20-16(18)10-12(3)4/h5-10H,1-4H3. The van der Waals surface area contributed by atoms with Crippen molar-refractivity contribution in [1.29, 1.82) is 0 Å². The largest absolute Gasteiger partial charge is 0.419 e. The molecule has 0 spiro atoms. The number of rotatable bonds is 4. The van der Waals surface area contributed by atoms with Gasteiger partial charge in [0.25, 0.3) is 0 Å². The number of carbonyl (C=O) groups excluding carboxylic acids is 2. The first-order valence-corrected chi connectivity index (χ1v) is 6.21. The van der Waals surface area contributed by atoms with Crippen LogP contribution in [0.1, 0.15) is 27.7 Å². The number of hydrogen-bond donors (Lipinski definition) is 0. The van der Waals surface area contributed by atoms with Crippen molar-refractivity contribution in [3.8, 4) is 11.5 Å². The van der Waals surface area contributed by atoms with Gasteiger partial charge >= 0.3 is 11.9 Å². The minimum absolute atomic E-state index is 0.213. The monoisotopic (exact) mass is 274 g/mol. The lowest BCUT2D eigenvalue weighted by atomic mass is 10.3. The van der Waals surface area contributed by atoms with Gasteiger partial charge in [0.2, 0.25) is 0 Å². The lowest BCUT2D eigenvalue weighted by molar-refractivity contribution is -0.131. The molecule has 20 heavy (non-hydrogen) atoms. The molecule has 0 aromatic heterocycles. The topological polar surface area (TPSA) is 52.6 Å². The van der Waals surface area contributed by atoms with E-state index in [2.05, 4.69) is 0 Å². The van der Waals surface area contributed by atoms with E-state index in [1.54, 1.807) is 52.0 Å². The summed E-state index contributed by atoms with van der Waals surface area (Å²) in [5.74, 6) is -0.581. The first kappa shape index (κ1) is 15.7. The van der Waals surface area contributed by atoms with Gasteiger partial charge in [0.1, 0.15) is 0 Å². The lowest BCUT2D eigenvalue weighted by Gasteiger charge is -2.08. The molecule has 4 nitrogen and oxygen atoms in total. The highest BCUT2D eigenvalue weighted by Gasteiger charge is 2.10. The summed E-state index contributed by atoms with van der Waals surface area (Å²) in [5.41, 5.74) is 1.66. The molecule has 0 heterocycles. The molecule has 0 atom stereocenters. The molecule has 0 N–H and O–H groups in total. The molecule has 0 aliphatic rings. The van der Waals surface area contributed by atoms with Gasteiger partial charge < -0.3 is 9.47 Å². The second kappa shape index (κ2) is 7.28. The molecular formula is C16H18O4. The van der Waals surface area contributed by atoms with Crippen LogP contribution in [0.25, 0.3) is 0 Å². The minimum atomic E-state index is -0.504. The fourth-order valence-electron chi connectivity index (χ4n) is 1.37. The summed E-state index contributed by atoms with van der Waals surface area (Å²) in [6, 6.07) is 6.54. The Morgan fingerprint density at radius 1 is 0.800 bits per heavy atom. The fraction of sp³-hybridized carbons (Fsp3) is 0.250. The smallest absolute Gasteiger partial charge is 0.336 e. The van der Waals surface area contributed by atoms with Crippen LogP contribution in [0.4, 0.5) is 0 Å². The van der Waals surface area contributed by atoms with Crippen LogP contribution in [0.5, 0.6) is 11.5 Å². The van der Waals surface area contributed by atoms with Crippen molar-refractivity contribution >= 4 is 11.9 Å². The molecule has 0 amide bonds. The second-order valence-electron chi connectivity index (χ2n) is 4.73. The molecule has 1 aromatic rings. The Morgan fingerprint density at radius 3 is 1.45 bits per heavy atom. The second-order valence-corrected chi connectivity index (χ2v) is 4.73. The zero-order valence-electron chi connectivity index (χ0n) is 12.1. The Balaban J connectivity index is 2.89. The van der Waals surface area contributed by atoms with Crippen LogP contribution in [0.3, 0.4) is 0 Å². The third-order valence-corrected chi connectivity index (χ3v) is 2.08. The van der Waals surface area contributed by atoms with Crippen molar-refractivity contribution in [1.82, 2.24) is 0 Å². The van der Waals surface area contributed by atoms with Gasteiger partial charge in [-0.25, -0.2) is 9.59 Å². The van der Waals surface area contributed by atoms with Crippen LogP contribution in [0.2, 0.25) is 0 Å². The Labute approximate surface area is 118 Å². The van der Waals surface area contributed by atoms with E-state index in [4.69, 9.17) is 9.47 Å². The summed E-state index contributed by atoms with van der Waals surface area (Å²) in [4.78, 5) is 23.2. The summed E-state index contributed by atoms with van der Waals surface area (Å²) >= 11 is 0. The highest BCUT2D eigenvalue weighted by Crippen LogP contribution is 2.27. The number of esters is 2. The van der Waals surface area contributed by atoms with E-state index in [-0.39, 0.29) is 11.5 Å². The van der Waals surface area contributed by atoms with Crippen LogP contribution >= 0.6 is 0 Å². The summed E-state index contributed by atoms with van der Waals surface area (Å²) in [6.45, 7) is 7.17. The van der Waals surface area contributed by atoms with Gasteiger partial charge in [-0.2, -0.15) is 0 Å². The highest BCUT2D eigenvalue weighted by atomic mass is 16.6. The number of para-hydroxylation sites is 2. The molecular weight excluding hydrogens is 256 g/mol. The molecule has 0 saturated heterocycles. The molecule has 0 bridgehead atoms. The molecule has 0 saturated carbocycles. The molecule has 0 unspecified atom stereocenters. The van der Waals surface area contributed by atoms with Gasteiger partial charge in [-0.15, -0.1) is 0 Å². The van der Waals surface area contributed by atoms with Crippen LogP contribution in [0.15, 0.2) is 47.6 Å². The zero-order chi connectivity index (χ0) is 15.1. The van der Waals surface area contributed by atoms with E-state index in [9.17, 15) is 9.59 Å². The first-order valence-electron chi connectivity index (χ1n) is 6.21. The van der Waals surface area contributed by atoms with Crippen molar-refractivity contribution in [2.75, 3.05) is 0 Å². The zero-order valence-corrected chi connectivity index (χ0v) is 12.1. The van der Waals surface area contributed by atoms with Crippen LogP contribution in [-0.4, -0.2) is 11.9 Å². The fourth-order valence-corrected chi connectivity index (χ4v) is 1.37. The molecule has 1 rings (SSSR count). The molecule has 0 radical (unpaired) electrons. The van der Waals surface area contributed by atoms with Crippen molar-refractivity contribution in [2.45, 2.75) is 27.7 Å². The predicted molar refractivity (Wildman–Crippen MR) is 76.6 cm³/mol. The van der Waals surface area contributed by atoms with Gasteiger partial charge in [0, 0.05) is 12.2 Å². The average Bonchev–Trinajstić information content (AvgIpc) is 2.29. The Kier molecular flexibility index (Phi) is 5.72. The predicted octanol–water partition coefficient (Wildman–Crippen LogP) is 3.43. The third kappa shape index (κ3) is 5.52. The molecule has 4 heteroatoms. The number of allylic oxidation sites excluding steroid dienone is 2. The van der Waals surface area contributed by atoms with Gasteiger partial charge in [-0.05, 0) is 39.8 Å². The van der Waals surface area contributed by atoms with Gasteiger partial charge in [-0.1, -0.05) is 23.3 Å². The Morgan fingerprint density at radius 2 is 1.15 bits per heavy atom. The first-order chi connectivity index (χ1) is 9.38. The summed E-state index contributed by atoms with van der Waals surface area (Å²) < 4.78 is 10.3. The maximum atomic E-state index is 11.6. The maximum Gasteiger partial charge on any atom is 0.336 e. The molecule has 0 fully saturated rings. The number of carbonyl (C=O) groups is 2. The van der Waals surface area contributed by atoms with E-state index >= 15 is 0 Å².